The molecule has 0 heterocycles. The molecule has 0 fully saturated rings. The van der Waals surface area contributed by atoms with E-state index in [0.29, 0.717) is 0 Å². The number of hydrogen-bond acceptors (Lipinski definition) is 2. The molecule has 0 unspecified atom stereocenters. The summed E-state index contributed by atoms with van der Waals surface area (Å²) in [6.45, 7) is 9.17. The minimum Gasteiger partial charge on any atom is -0.542 e. The van der Waals surface area contributed by atoms with E-state index >= 15 is 0 Å². The van der Waals surface area contributed by atoms with Crippen LogP contribution in [0, 0.1) is 0 Å². The van der Waals surface area contributed by atoms with E-state index in [9.17, 15) is 0 Å². The Balaban J connectivity index is 2.42. The van der Waals surface area contributed by atoms with Gasteiger partial charge in [-0.15, -0.1) is 0 Å². The van der Waals surface area contributed by atoms with Gasteiger partial charge in [0.1, 0.15) is 11.5 Å². The van der Waals surface area contributed by atoms with Gasteiger partial charge in [0.15, 0.2) is 0 Å². The number of benzene rings is 2. The molecule has 4 heteroatoms. The van der Waals surface area contributed by atoms with Crippen LogP contribution in [0.4, 0.5) is 0 Å². The molecule has 2 rings (SSSR count). The average molecular weight is 359 g/mol. The van der Waals surface area contributed by atoms with Crippen LogP contribution in [0.5, 0.6) is 11.5 Å². The van der Waals surface area contributed by atoms with Gasteiger partial charge in [0, 0.05) is 0 Å². The van der Waals surface area contributed by atoms with Crippen LogP contribution in [-0.2, 0) is 0 Å². The Labute approximate surface area is 148 Å². The second kappa shape index (κ2) is 8.54. The molecular formula is C20H30O2Si2. The van der Waals surface area contributed by atoms with E-state index in [1.807, 2.05) is 12.1 Å². The van der Waals surface area contributed by atoms with E-state index in [1.54, 1.807) is 0 Å². The van der Waals surface area contributed by atoms with Crippen LogP contribution in [0.15, 0.2) is 60.7 Å². The van der Waals surface area contributed by atoms with E-state index in [0.717, 1.165) is 35.7 Å². The van der Waals surface area contributed by atoms with Crippen molar-refractivity contribution in [2.45, 2.75) is 51.9 Å². The maximum atomic E-state index is 6.80. The van der Waals surface area contributed by atoms with Gasteiger partial charge in [-0.1, -0.05) is 64.1 Å². The second-order valence-electron chi connectivity index (χ2n) is 6.23. The summed E-state index contributed by atoms with van der Waals surface area (Å²) in [6, 6.07) is 25.0. The van der Waals surface area contributed by atoms with Gasteiger partial charge in [-0.2, -0.15) is 0 Å². The van der Waals surface area contributed by atoms with Gasteiger partial charge in [0.25, 0.3) is 15.7 Å². The maximum absolute atomic E-state index is 6.80. The summed E-state index contributed by atoms with van der Waals surface area (Å²) >= 11 is 0. The monoisotopic (exact) mass is 358 g/mol. The molecule has 0 aliphatic carbocycles. The number of hydrogen-bond donors (Lipinski definition) is 0. The Morgan fingerprint density at radius 1 is 0.542 bits per heavy atom. The van der Waals surface area contributed by atoms with Gasteiger partial charge < -0.3 is 8.85 Å². The fraction of sp³-hybridized carbons (Fsp3) is 0.400. The summed E-state index contributed by atoms with van der Waals surface area (Å²) in [5, 5.41) is 0. The molecule has 24 heavy (non-hydrogen) atoms. The van der Waals surface area contributed by atoms with Crippen LogP contribution >= 0.6 is 0 Å². The van der Waals surface area contributed by atoms with Crippen molar-refractivity contribution in [3.05, 3.63) is 60.7 Å². The summed E-state index contributed by atoms with van der Waals surface area (Å²) in [6.07, 6.45) is 0. The Bertz CT molecular complexity index is 538. The van der Waals surface area contributed by atoms with E-state index in [4.69, 9.17) is 8.85 Å². The summed E-state index contributed by atoms with van der Waals surface area (Å²) in [5.41, 5.74) is 0. The lowest BCUT2D eigenvalue weighted by atomic mass is 10.3. The number of para-hydroxylation sites is 2. The SMILES string of the molecule is CC[Si](CC)(Oc1ccccc1)[Si](CC)(CC)Oc1ccccc1. The fourth-order valence-corrected chi connectivity index (χ4v) is 18.9. The topological polar surface area (TPSA) is 18.5 Å². The molecule has 0 aliphatic heterocycles. The van der Waals surface area contributed by atoms with Crippen molar-refractivity contribution < 1.29 is 8.85 Å². The lowest BCUT2D eigenvalue weighted by molar-refractivity contribution is 0.503. The molecule has 0 spiro atoms. The van der Waals surface area contributed by atoms with Crippen molar-refractivity contribution in [3.63, 3.8) is 0 Å². The fourth-order valence-electron chi connectivity index (χ4n) is 3.69. The van der Waals surface area contributed by atoms with E-state index in [-0.39, 0.29) is 0 Å². The molecule has 0 saturated heterocycles. The first kappa shape index (κ1) is 18.8. The molecule has 0 bridgehead atoms. The normalized spacial score (nSPS) is 12.0. The van der Waals surface area contributed by atoms with Crippen LogP contribution in [0.25, 0.3) is 0 Å². The largest absolute Gasteiger partial charge is 0.542 e. The Morgan fingerprint density at radius 3 is 1.08 bits per heavy atom. The van der Waals surface area contributed by atoms with Crippen molar-refractivity contribution in [2.75, 3.05) is 0 Å². The predicted molar refractivity (Wildman–Crippen MR) is 108 cm³/mol. The summed E-state index contributed by atoms with van der Waals surface area (Å²) in [5.74, 6) is 2.01. The standard InChI is InChI=1S/C20H30O2Si2/c1-5-23(6-2,21-19-15-11-9-12-16-19)24(7-3,8-4)22-20-17-13-10-14-18-20/h9-18H,5-8H2,1-4H3. The molecule has 130 valence electrons. The zero-order valence-corrected chi connectivity index (χ0v) is 17.4. The molecular weight excluding hydrogens is 328 g/mol. The van der Waals surface area contributed by atoms with Gasteiger partial charge in [0.2, 0.25) is 0 Å². The van der Waals surface area contributed by atoms with Gasteiger partial charge in [-0.05, 0) is 48.4 Å². The zero-order chi connectivity index (χ0) is 17.5. The van der Waals surface area contributed by atoms with Crippen molar-refractivity contribution in [3.8, 4) is 11.5 Å². The first-order valence-corrected chi connectivity index (χ1v) is 14.8. The molecule has 0 amide bonds. The molecule has 2 nitrogen and oxygen atoms in total. The first-order valence-electron chi connectivity index (χ1n) is 9.13. The molecule has 2 aromatic rings. The third-order valence-electron chi connectivity index (χ3n) is 5.23. The Morgan fingerprint density at radius 2 is 0.833 bits per heavy atom. The van der Waals surface area contributed by atoms with Crippen LogP contribution in [0.1, 0.15) is 27.7 Å². The van der Waals surface area contributed by atoms with Gasteiger partial charge in [-0.3, -0.25) is 0 Å². The molecule has 0 aliphatic rings. The summed E-state index contributed by atoms with van der Waals surface area (Å²) in [4.78, 5) is 0. The van der Waals surface area contributed by atoms with Gasteiger partial charge >= 0.3 is 0 Å². The Kier molecular flexibility index (Phi) is 6.69. The van der Waals surface area contributed by atoms with Crippen LogP contribution in [-0.4, -0.2) is 15.7 Å². The van der Waals surface area contributed by atoms with Crippen molar-refractivity contribution in [2.24, 2.45) is 0 Å². The van der Waals surface area contributed by atoms with Crippen molar-refractivity contribution >= 4 is 15.7 Å². The predicted octanol–water partition coefficient (Wildman–Crippen LogP) is 6.19. The van der Waals surface area contributed by atoms with E-state index in [2.05, 4.69) is 76.2 Å². The highest BCUT2D eigenvalue weighted by Crippen LogP contribution is 2.37. The maximum Gasteiger partial charge on any atom is 0.280 e. The van der Waals surface area contributed by atoms with Crippen molar-refractivity contribution in [1.82, 2.24) is 0 Å². The number of rotatable bonds is 9. The Hall–Kier alpha value is -1.53. The summed E-state index contributed by atoms with van der Waals surface area (Å²) in [7, 11) is -4.06. The average Bonchev–Trinajstić information content (AvgIpc) is 2.66. The minimum atomic E-state index is -2.03. The van der Waals surface area contributed by atoms with Gasteiger partial charge in [-0.25, -0.2) is 0 Å². The molecule has 0 radical (unpaired) electrons. The highest BCUT2D eigenvalue weighted by Gasteiger charge is 2.58. The highest BCUT2D eigenvalue weighted by molar-refractivity contribution is 7.37. The second-order valence-corrected chi connectivity index (χ2v) is 18.9. The molecule has 0 saturated carbocycles. The highest BCUT2D eigenvalue weighted by atomic mass is 29.3. The smallest absolute Gasteiger partial charge is 0.280 e. The minimum absolute atomic E-state index is 1.00. The molecule has 2 aromatic carbocycles. The van der Waals surface area contributed by atoms with Crippen LogP contribution in [0.2, 0.25) is 24.2 Å². The molecule has 0 aromatic heterocycles. The lowest BCUT2D eigenvalue weighted by Crippen LogP contribution is -2.69. The third kappa shape index (κ3) is 3.75. The van der Waals surface area contributed by atoms with Crippen LogP contribution in [0.3, 0.4) is 0 Å². The van der Waals surface area contributed by atoms with Crippen molar-refractivity contribution in [1.29, 1.82) is 0 Å². The van der Waals surface area contributed by atoms with E-state index in [1.165, 1.54) is 0 Å². The van der Waals surface area contributed by atoms with E-state index < -0.39 is 15.7 Å². The molecule has 0 N–H and O–H groups in total. The lowest BCUT2D eigenvalue weighted by Gasteiger charge is -2.44. The zero-order valence-electron chi connectivity index (χ0n) is 15.4. The van der Waals surface area contributed by atoms with Gasteiger partial charge in [0.05, 0.1) is 0 Å². The quantitative estimate of drug-likeness (QED) is 0.497. The summed E-state index contributed by atoms with van der Waals surface area (Å²) < 4.78 is 13.6. The van der Waals surface area contributed by atoms with Crippen LogP contribution < -0.4 is 8.85 Å². The molecule has 0 atom stereocenters. The first-order chi connectivity index (χ1) is 11.6. The third-order valence-corrected chi connectivity index (χ3v) is 22.5.